The zero-order chi connectivity index (χ0) is 22.9. The van der Waals surface area contributed by atoms with E-state index in [0.717, 1.165) is 33.7 Å². The van der Waals surface area contributed by atoms with Crippen molar-refractivity contribution in [1.82, 2.24) is 14.6 Å². The smallest absolute Gasteiger partial charge is 0.227 e. The highest BCUT2D eigenvalue weighted by Gasteiger charge is 2.24. The van der Waals surface area contributed by atoms with Gasteiger partial charge in [-0.15, -0.1) is 0 Å². The van der Waals surface area contributed by atoms with Crippen LogP contribution < -0.4 is 9.47 Å². The van der Waals surface area contributed by atoms with E-state index in [-0.39, 0.29) is 0 Å². The molecule has 0 N–H and O–H groups in total. The second-order valence-electron chi connectivity index (χ2n) is 7.35. The highest BCUT2D eigenvalue weighted by Crippen LogP contribution is 2.42. The normalized spacial score (nSPS) is 11.0. The quantitative estimate of drug-likeness (QED) is 0.255. The van der Waals surface area contributed by atoms with Crippen molar-refractivity contribution in [3.63, 3.8) is 0 Å². The van der Waals surface area contributed by atoms with E-state index in [1.54, 1.807) is 18.7 Å². The number of hydrogen-bond acceptors (Lipinski definition) is 4. The average molecular weight is 476 g/mol. The van der Waals surface area contributed by atoms with E-state index in [4.69, 9.17) is 42.8 Å². The molecule has 7 heteroatoms. The summed E-state index contributed by atoms with van der Waals surface area (Å²) in [5.74, 6) is 1.23. The van der Waals surface area contributed by atoms with Crippen LogP contribution in [0.25, 0.3) is 39.2 Å². The third kappa shape index (κ3) is 3.80. The van der Waals surface area contributed by atoms with Gasteiger partial charge in [-0.1, -0.05) is 77.8 Å². The number of hydrogen-bond donors (Lipinski definition) is 0. The van der Waals surface area contributed by atoms with Gasteiger partial charge in [-0.25, -0.2) is 4.98 Å². The van der Waals surface area contributed by atoms with Crippen LogP contribution in [0.5, 0.6) is 11.6 Å². The predicted molar refractivity (Wildman–Crippen MR) is 132 cm³/mol. The summed E-state index contributed by atoms with van der Waals surface area (Å²) >= 11 is 13.1. The Morgan fingerprint density at radius 1 is 0.727 bits per heavy atom. The van der Waals surface area contributed by atoms with E-state index < -0.39 is 0 Å². The van der Waals surface area contributed by atoms with Crippen LogP contribution in [0, 0.1) is 0 Å². The molecule has 0 amide bonds. The van der Waals surface area contributed by atoms with Crippen LogP contribution in [0.2, 0.25) is 10.2 Å². The molecule has 0 aliphatic carbocycles. The number of nitrogens with zero attached hydrogens (tertiary/aromatic N) is 3. The highest BCUT2D eigenvalue weighted by atomic mass is 35.5. The summed E-state index contributed by atoms with van der Waals surface area (Å²) in [4.78, 5) is 4.77. The molecule has 0 bridgehead atoms. The first-order valence-corrected chi connectivity index (χ1v) is 11.0. The van der Waals surface area contributed by atoms with Gasteiger partial charge in [-0.3, -0.25) is 0 Å². The maximum Gasteiger partial charge on any atom is 0.227 e. The van der Waals surface area contributed by atoms with E-state index >= 15 is 0 Å². The Hall–Kier alpha value is -3.54. The largest absolute Gasteiger partial charge is 0.497 e. The number of halogens is 2. The Balaban J connectivity index is 1.84. The standard InChI is InChI=1S/C26H19Cl2N3O2/c1-32-20-13-11-16(12-14-20)22-24(28)29-25-21(18-9-6-10-19(27)15-18)23(17-7-4-3-5-8-17)30-31(25)26(22)33-2/h3-15H,1-2H3. The van der Waals surface area contributed by atoms with Gasteiger partial charge in [0.25, 0.3) is 0 Å². The Kier molecular flexibility index (Phi) is 5.67. The van der Waals surface area contributed by atoms with Crippen molar-refractivity contribution in [1.29, 1.82) is 0 Å². The van der Waals surface area contributed by atoms with Gasteiger partial charge in [0.1, 0.15) is 16.6 Å². The molecule has 5 aromatic rings. The summed E-state index contributed by atoms with van der Waals surface area (Å²) in [7, 11) is 3.23. The zero-order valence-electron chi connectivity index (χ0n) is 17.9. The van der Waals surface area contributed by atoms with Gasteiger partial charge in [-0.05, 0) is 35.4 Å². The summed E-state index contributed by atoms with van der Waals surface area (Å²) in [5.41, 5.74) is 5.48. The average Bonchev–Trinajstić information content (AvgIpc) is 3.23. The van der Waals surface area contributed by atoms with Crippen LogP contribution in [0.15, 0.2) is 78.9 Å². The number of methoxy groups -OCH3 is 2. The lowest BCUT2D eigenvalue weighted by Crippen LogP contribution is -2.02. The molecule has 0 unspecified atom stereocenters. The Morgan fingerprint density at radius 3 is 2.12 bits per heavy atom. The summed E-state index contributed by atoms with van der Waals surface area (Å²) in [6.45, 7) is 0. The number of ether oxygens (including phenoxy) is 2. The molecule has 0 fully saturated rings. The van der Waals surface area contributed by atoms with Gasteiger partial charge >= 0.3 is 0 Å². The van der Waals surface area contributed by atoms with Crippen LogP contribution in [0.3, 0.4) is 0 Å². The highest BCUT2D eigenvalue weighted by molar-refractivity contribution is 6.32. The molecular formula is C26H19Cl2N3O2. The van der Waals surface area contributed by atoms with E-state index in [0.29, 0.717) is 27.3 Å². The monoisotopic (exact) mass is 475 g/mol. The maximum absolute atomic E-state index is 6.75. The Bertz CT molecular complexity index is 1450. The van der Waals surface area contributed by atoms with Crippen LogP contribution >= 0.6 is 23.2 Å². The fourth-order valence-electron chi connectivity index (χ4n) is 3.89. The minimum Gasteiger partial charge on any atom is -0.497 e. The molecule has 2 aromatic heterocycles. The van der Waals surface area contributed by atoms with E-state index in [2.05, 4.69) is 0 Å². The van der Waals surface area contributed by atoms with Crippen LogP contribution in [-0.4, -0.2) is 28.8 Å². The molecule has 5 rings (SSSR count). The minimum atomic E-state index is 0.312. The molecule has 0 saturated heterocycles. The molecule has 33 heavy (non-hydrogen) atoms. The predicted octanol–water partition coefficient (Wildman–Crippen LogP) is 7.05. The number of rotatable bonds is 5. The van der Waals surface area contributed by atoms with Gasteiger partial charge in [0.15, 0.2) is 5.65 Å². The van der Waals surface area contributed by atoms with Crippen LogP contribution in [0.4, 0.5) is 0 Å². The molecule has 0 aliphatic rings. The third-order valence-electron chi connectivity index (χ3n) is 5.41. The van der Waals surface area contributed by atoms with Gasteiger partial charge in [0.2, 0.25) is 5.88 Å². The third-order valence-corrected chi connectivity index (χ3v) is 5.92. The molecule has 0 aliphatic heterocycles. The van der Waals surface area contributed by atoms with Crippen molar-refractivity contribution in [3.05, 3.63) is 89.0 Å². The molecule has 2 heterocycles. The lowest BCUT2D eigenvalue weighted by molar-refractivity contribution is 0.387. The molecule has 0 spiro atoms. The molecule has 3 aromatic carbocycles. The van der Waals surface area contributed by atoms with Crippen LogP contribution in [0.1, 0.15) is 0 Å². The van der Waals surface area contributed by atoms with Gasteiger partial charge in [0.05, 0.1) is 25.3 Å². The number of aromatic nitrogens is 3. The van der Waals surface area contributed by atoms with Crippen molar-refractivity contribution in [2.45, 2.75) is 0 Å². The lowest BCUT2D eigenvalue weighted by Gasteiger charge is -2.12. The zero-order valence-corrected chi connectivity index (χ0v) is 19.4. The summed E-state index contributed by atoms with van der Waals surface area (Å²) in [5, 5.41) is 5.86. The number of fused-ring (bicyclic) bond motifs is 1. The molecule has 0 atom stereocenters. The molecule has 5 nitrogen and oxygen atoms in total. The minimum absolute atomic E-state index is 0.312. The summed E-state index contributed by atoms with van der Waals surface area (Å²) in [6.07, 6.45) is 0. The first-order chi connectivity index (χ1) is 16.1. The SMILES string of the molecule is COc1ccc(-c2c(Cl)nc3c(-c4cccc(Cl)c4)c(-c4ccccc4)nn3c2OC)cc1. The fraction of sp³-hybridized carbons (Fsp3) is 0.0769. The molecular weight excluding hydrogens is 457 g/mol. The van der Waals surface area contributed by atoms with Crippen molar-refractivity contribution >= 4 is 28.8 Å². The second-order valence-corrected chi connectivity index (χ2v) is 8.15. The van der Waals surface area contributed by atoms with E-state index in [1.165, 1.54) is 0 Å². The number of benzene rings is 3. The molecule has 164 valence electrons. The fourth-order valence-corrected chi connectivity index (χ4v) is 4.35. The summed E-state index contributed by atoms with van der Waals surface area (Å²) < 4.78 is 12.8. The Labute approximate surface area is 201 Å². The second kappa shape index (κ2) is 8.77. The molecule has 0 radical (unpaired) electrons. The van der Waals surface area contributed by atoms with Gasteiger partial charge < -0.3 is 9.47 Å². The maximum atomic E-state index is 6.75. The van der Waals surface area contributed by atoms with Crippen molar-refractivity contribution in [3.8, 4) is 45.1 Å². The Morgan fingerprint density at radius 2 is 1.45 bits per heavy atom. The first kappa shape index (κ1) is 21.3. The summed E-state index contributed by atoms with van der Waals surface area (Å²) in [6, 6.07) is 25.1. The topological polar surface area (TPSA) is 48.7 Å². The van der Waals surface area contributed by atoms with Crippen molar-refractivity contribution < 1.29 is 9.47 Å². The molecule has 0 saturated carbocycles. The van der Waals surface area contributed by atoms with E-state index in [9.17, 15) is 0 Å². The van der Waals surface area contributed by atoms with E-state index in [1.807, 2.05) is 78.9 Å². The van der Waals surface area contributed by atoms with Crippen molar-refractivity contribution in [2.24, 2.45) is 0 Å². The lowest BCUT2D eigenvalue weighted by atomic mass is 10.0. The van der Waals surface area contributed by atoms with Crippen LogP contribution in [-0.2, 0) is 0 Å². The van der Waals surface area contributed by atoms with Gasteiger partial charge in [-0.2, -0.15) is 9.61 Å². The van der Waals surface area contributed by atoms with Crippen molar-refractivity contribution in [2.75, 3.05) is 14.2 Å². The first-order valence-electron chi connectivity index (χ1n) is 10.2. The van der Waals surface area contributed by atoms with Gasteiger partial charge in [0, 0.05) is 10.6 Å².